The number of carbonyl (C=O) groups excluding carboxylic acids is 8. The summed E-state index contributed by atoms with van der Waals surface area (Å²) in [4.78, 5) is 148. The van der Waals surface area contributed by atoms with E-state index in [1.807, 2.05) is 18.7 Å². The van der Waals surface area contributed by atoms with Gasteiger partial charge in [0.2, 0.25) is 11.8 Å². The number of aliphatic hydroxyl groups is 2. The van der Waals surface area contributed by atoms with Gasteiger partial charge in [0.25, 0.3) is 23.6 Å². The van der Waals surface area contributed by atoms with E-state index < -0.39 is 161 Å². The van der Waals surface area contributed by atoms with Crippen molar-refractivity contribution >= 4 is 131 Å². The number of rotatable bonds is 16. The molecule has 7 aromatic heterocycles. The molecule has 12 rings (SSSR count). The fourth-order valence-electron chi connectivity index (χ4n) is 13.0. The van der Waals surface area contributed by atoms with Gasteiger partial charge >= 0.3 is 11.9 Å². The zero-order chi connectivity index (χ0) is 77.5. The van der Waals surface area contributed by atoms with Crippen molar-refractivity contribution in [1.29, 1.82) is 0 Å². The number of pyridine rings is 1. The van der Waals surface area contributed by atoms with Gasteiger partial charge in [0.15, 0.2) is 27.9 Å². The van der Waals surface area contributed by atoms with Gasteiger partial charge in [0.05, 0.1) is 54.6 Å². The highest BCUT2D eigenvalue weighted by molar-refractivity contribution is 7.91. The van der Waals surface area contributed by atoms with E-state index in [2.05, 4.69) is 41.5 Å². The van der Waals surface area contributed by atoms with Crippen molar-refractivity contribution in [3.05, 3.63) is 112 Å². The average Bonchev–Trinajstić information content (AvgIpc) is 1.34. The number of cyclic esters (lactones) is 2. The van der Waals surface area contributed by atoms with E-state index in [0.717, 1.165) is 56.7 Å². The van der Waals surface area contributed by atoms with Crippen molar-refractivity contribution < 1.29 is 95.7 Å². The van der Waals surface area contributed by atoms with E-state index >= 15 is 19.2 Å². The van der Waals surface area contributed by atoms with Crippen molar-refractivity contribution in [1.82, 2.24) is 71.0 Å². The van der Waals surface area contributed by atoms with Crippen LogP contribution < -0.4 is 32.3 Å². The molecule has 1 aromatic carbocycles. The van der Waals surface area contributed by atoms with Crippen LogP contribution >= 0.6 is 56.7 Å². The number of sulfone groups is 1. The zero-order valence-corrected chi connectivity index (χ0v) is 64.1. The van der Waals surface area contributed by atoms with E-state index in [1.165, 1.54) is 60.0 Å². The van der Waals surface area contributed by atoms with Gasteiger partial charge in [-0.1, -0.05) is 26.0 Å². The standard InChI is InChI=1S/C67H75N15O20S6/c1-10-81(11-2)15-16-108(95,96)27-40(54(68)85)70-56(87)37-24-106-63(74-37)48-42(84)17-32-47(76-48)35-22-104-61(71-35)34-21-100-65(91)50-33-20-98-51(52(102-43-18-67(6,93)53(80(7)8)30(5)101-43)66(92)99-19-31-13-12-14-41(44(31)33)82(50)94)49(64-75-36(25-107-64)55(86)69-34)79-58(89)39-26-105-62(73-39)46(29(4)97-9)78-59(90)45(28(3)83)77-57(88)38-23-103-60(32)72-38/h12-14,17,22-26,28,30,34,40,43,45,49,51-53,83-84,93-94H,10-11,15-16,18-21,27H2,1-9H3,(H2,68,85)(H,69,86)(H,70,87)(H,77,88)(H,78,90)(H,79,89)/b46-29+/t28?,30-,34?,40?,43-,45?,49?,51?,52?,53?,67-/m0/s1. The molecular weight excluding hydrogens is 1530 g/mol. The fraction of sp³-hybridized carbons (Fsp3) is 0.433. The molecule has 0 radical (unpaired) electrons. The van der Waals surface area contributed by atoms with Crippen LogP contribution in [0.3, 0.4) is 0 Å². The Balaban J connectivity index is 1.00. The largest absolute Gasteiger partial charge is 0.506 e. The smallest absolute Gasteiger partial charge is 0.358 e. The van der Waals surface area contributed by atoms with Crippen LogP contribution in [0, 0.1) is 0 Å². The Morgan fingerprint density at radius 2 is 1.51 bits per heavy atom. The summed E-state index contributed by atoms with van der Waals surface area (Å²) in [6.45, 7) is 9.18. The number of aliphatic hydroxyl groups excluding tert-OH is 1. The first-order valence-electron chi connectivity index (χ1n) is 33.6. The number of nitrogens with one attached hydrogen (secondary N) is 5. The monoisotopic (exact) mass is 1600 g/mol. The van der Waals surface area contributed by atoms with Crippen LogP contribution in [-0.4, -0.2) is 234 Å². The van der Waals surface area contributed by atoms with Crippen molar-refractivity contribution in [2.24, 2.45) is 5.73 Å². The third kappa shape index (κ3) is 16.3. The van der Waals surface area contributed by atoms with E-state index in [0.29, 0.717) is 17.8 Å². The number of esters is 2. The topological polar surface area (TPSA) is 482 Å². The number of aromatic hydroxyl groups is 1. The van der Waals surface area contributed by atoms with E-state index in [4.69, 9.17) is 49.1 Å². The van der Waals surface area contributed by atoms with E-state index in [9.17, 15) is 48.1 Å². The number of nitrogens with two attached hydrogens (primary N) is 1. The molecule has 11 heterocycles. The maximum Gasteiger partial charge on any atom is 0.358 e. The minimum atomic E-state index is -3.95. The van der Waals surface area contributed by atoms with Crippen LogP contribution in [0.5, 0.6) is 5.75 Å². The lowest BCUT2D eigenvalue weighted by molar-refractivity contribution is -0.280. The second kappa shape index (κ2) is 32.1. The molecule has 4 aliphatic rings. The number of allylic oxidation sites excluding steroid dienone is 1. The number of fused-ring (bicyclic) bond motifs is 15. The summed E-state index contributed by atoms with van der Waals surface area (Å²) in [5.41, 5.74) is 2.27. The number of primary amides is 1. The zero-order valence-electron chi connectivity index (χ0n) is 59.2. The molecule has 11 N–H and O–H groups in total. The molecule has 574 valence electrons. The van der Waals surface area contributed by atoms with Gasteiger partial charge in [-0.25, -0.2) is 47.9 Å². The number of amides is 6. The molecule has 4 aliphatic heterocycles. The summed E-state index contributed by atoms with van der Waals surface area (Å²) in [5, 5.41) is 67.5. The summed E-state index contributed by atoms with van der Waals surface area (Å²) in [7, 11) is 0.870. The Morgan fingerprint density at radius 1 is 0.852 bits per heavy atom. The van der Waals surface area contributed by atoms with E-state index in [-0.39, 0.29) is 123 Å². The number of carbonyl (C=O) groups is 8. The fourth-order valence-corrected chi connectivity index (χ4v) is 18.7. The molecule has 0 aliphatic carbocycles. The maximum atomic E-state index is 15.2. The van der Waals surface area contributed by atoms with Gasteiger partial charge in [0, 0.05) is 56.4 Å². The highest BCUT2D eigenvalue weighted by Crippen LogP contribution is 2.43. The van der Waals surface area contributed by atoms with Gasteiger partial charge in [-0.05, 0) is 72.6 Å². The van der Waals surface area contributed by atoms with Crippen molar-refractivity contribution in [2.45, 2.75) is 128 Å². The van der Waals surface area contributed by atoms with Crippen molar-refractivity contribution in [3.63, 3.8) is 0 Å². The van der Waals surface area contributed by atoms with Gasteiger partial charge < -0.3 is 91.1 Å². The third-order valence-corrected chi connectivity index (χ3v) is 24.6. The molecule has 8 aromatic rings. The molecule has 11 atom stereocenters. The molecule has 108 heavy (non-hydrogen) atoms. The van der Waals surface area contributed by atoms with Crippen LogP contribution in [-0.2, 0) is 65.9 Å². The number of benzene rings is 1. The summed E-state index contributed by atoms with van der Waals surface area (Å²) in [6, 6.07) is -1.20. The summed E-state index contributed by atoms with van der Waals surface area (Å²) < 4.78 is 64.7. The second-order valence-corrected chi connectivity index (χ2v) is 32.7. The third-order valence-electron chi connectivity index (χ3n) is 18.4. The van der Waals surface area contributed by atoms with Crippen LogP contribution in [0.2, 0.25) is 0 Å². The van der Waals surface area contributed by atoms with Crippen LogP contribution in [0.4, 0.5) is 0 Å². The quantitative estimate of drug-likeness (QED) is 0.0376. The molecule has 0 saturated carbocycles. The first-order chi connectivity index (χ1) is 51.3. The molecule has 35 nitrogen and oxygen atoms in total. The minimum Gasteiger partial charge on any atom is -0.506 e. The molecule has 8 unspecified atom stereocenters. The van der Waals surface area contributed by atoms with E-state index in [1.54, 1.807) is 45.0 Å². The lowest BCUT2D eigenvalue weighted by Crippen LogP contribution is -2.62. The Kier molecular flexibility index (Phi) is 23.2. The van der Waals surface area contributed by atoms with Crippen molar-refractivity contribution in [2.75, 3.05) is 59.0 Å². The predicted octanol–water partition coefficient (Wildman–Crippen LogP) is 3.50. The minimum absolute atomic E-state index is 0.00409. The number of methoxy groups -OCH3 is 1. The normalized spacial score (nSPS) is 23.5. The first-order valence-corrected chi connectivity index (χ1v) is 39.8. The molecular formula is C67H75N15O20S6. The summed E-state index contributed by atoms with van der Waals surface area (Å²) in [5.74, 6) is -9.86. The number of hydrogen-bond donors (Lipinski definition) is 10. The molecule has 1 fully saturated rings. The predicted molar refractivity (Wildman–Crippen MR) is 391 cm³/mol. The van der Waals surface area contributed by atoms with Gasteiger partial charge in [-0.15, -0.1) is 56.7 Å². The molecule has 6 amide bonds. The van der Waals surface area contributed by atoms with Gasteiger partial charge in [-0.2, -0.15) is 4.73 Å². The molecule has 41 heteroatoms. The Hall–Kier alpha value is -9.37. The Labute approximate surface area is 635 Å². The average molecular weight is 1600 g/mol. The number of nitrogens with zero attached hydrogens (tertiary/aromatic N) is 9. The number of aromatic nitrogens is 7. The number of likely N-dealkylation sites (N-methyl/N-ethyl adjacent to an activating group) is 1. The maximum absolute atomic E-state index is 15.2. The highest BCUT2D eigenvalue weighted by Gasteiger charge is 2.50. The van der Waals surface area contributed by atoms with Crippen LogP contribution in [0.25, 0.3) is 49.3 Å². The molecule has 0 spiro atoms. The number of thiazole rings is 5. The highest BCUT2D eigenvalue weighted by atomic mass is 32.2. The van der Waals surface area contributed by atoms with Crippen molar-refractivity contribution in [3.8, 4) is 38.4 Å². The van der Waals surface area contributed by atoms with Gasteiger partial charge in [0.1, 0.15) is 126 Å². The summed E-state index contributed by atoms with van der Waals surface area (Å²) in [6.07, 6.45) is -7.67. The number of ether oxygens (including phenoxy) is 6. The Bertz CT molecular complexity index is 4980. The summed E-state index contributed by atoms with van der Waals surface area (Å²) >= 11 is 4.32. The van der Waals surface area contributed by atoms with Crippen LogP contribution in [0.15, 0.2) is 56.9 Å². The molecule has 12 bridgehead atoms. The Morgan fingerprint density at radius 3 is 2.20 bits per heavy atom. The lowest BCUT2D eigenvalue weighted by atomic mass is 9.85. The van der Waals surface area contributed by atoms with Crippen LogP contribution in [0.1, 0.15) is 139 Å². The SMILES string of the molecule is CCN(CC)CCS(=O)(=O)CC(NC(=O)c1csc(-c2nc3c(cc2O)-c2nc(cs2)C(=O)NC(C(C)O)C(=O)N/C(=C(\C)OC)c2nc(cs2)C(=O)NC2c4nc(cs4)C(=O)NC(COC(=O)c4c5c6c(cccc6n4O)COC(=O)C(O[C@H]4C[C@](C)(O)C(N(C)C)[C@H](C)O4)C2OC5)c2nc-3cs2)n1)C(N)=O. The second-order valence-electron chi connectivity index (χ2n) is 26.1. The number of hydrogen-bond acceptors (Lipinski definition) is 33. The van der Waals surface area contributed by atoms with Gasteiger partial charge in [-0.3, -0.25) is 28.8 Å². The lowest BCUT2D eigenvalue weighted by Gasteiger charge is -2.48. The molecule has 1 saturated heterocycles. The first kappa shape index (κ1) is 78.2.